The number of ether oxygens (including phenoxy) is 1. The van der Waals surface area contributed by atoms with E-state index in [1.165, 1.54) is 0 Å². The molecule has 0 aliphatic carbocycles. The summed E-state index contributed by atoms with van der Waals surface area (Å²) < 4.78 is 5.21. The predicted octanol–water partition coefficient (Wildman–Crippen LogP) is 5.32. The van der Waals surface area contributed by atoms with E-state index in [4.69, 9.17) is 45.3 Å². The zero-order chi connectivity index (χ0) is 22.1. The Morgan fingerprint density at radius 3 is 2.32 bits per heavy atom. The molecule has 0 bridgehead atoms. The van der Waals surface area contributed by atoms with Crippen molar-refractivity contribution in [2.24, 2.45) is 10.7 Å². The number of fused-ring (bicyclic) bond motifs is 1. The van der Waals surface area contributed by atoms with Gasteiger partial charge in [0.05, 0.1) is 35.1 Å². The molecule has 0 fully saturated rings. The van der Waals surface area contributed by atoms with Crippen LogP contribution in [-0.4, -0.2) is 24.9 Å². The van der Waals surface area contributed by atoms with Crippen molar-refractivity contribution in [3.8, 4) is 5.75 Å². The number of anilines is 1. The summed E-state index contributed by atoms with van der Waals surface area (Å²) >= 11 is 19.0. The van der Waals surface area contributed by atoms with Crippen molar-refractivity contribution in [3.63, 3.8) is 0 Å². The molecule has 0 spiro atoms. The Labute approximate surface area is 195 Å². The van der Waals surface area contributed by atoms with Crippen LogP contribution in [0.3, 0.4) is 0 Å². The van der Waals surface area contributed by atoms with Crippen LogP contribution in [0.5, 0.6) is 5.75 Å². The molecule has 1 aliphatic heterocycles. The number of aliphatic imine (C=N–C) groups is 1. The number of benzodiazepines with no additional fused rings is 1. The third-order valence-corrected chi connectivity index (χ3v) is 5.80. The Hall–Kier alpha value is -2.57. The number of para-hydroxylation sites is 1. The first-order chi connectivity index (χ1) is 14.9. The number of nitrogens with zero attached hydrogens (tertiary/aromatic N) is 2. The van der Waals surface area contributed by atoms with Crippen molar-refractivity contribution in [1.82, 2.24) is 0 Å². The smallest absolute Gasteiger partial charge is 0.266 e. The van der Waals surface area contributed by atoms with E-state index < -0.39 is 6.17 Å². The van der Waals surface area contributed by atoms with Crippen LogP contribution in [-0.2, 0) is 11.3 Å². The van der Waals surface area contributed by atoms with Gasteiger partial charge in [0, 0.05) is 16.1 Å². The Morgan fingerprint density at radius 2 is 1.68 bits per heavy atom. The topological polar surface area (TPSA) is 67.9 Å². The monoisotopic (exact) mass is 473 g/mol. The van der Waals surface area contributed by atoms with Crippen LogP contribution in [0.2, 0.25) is 15.1 Å². The second kappa shape index (κ2) is 8.89. The summed E-state index contributed by atoms with van der Waals surface area (Å²) in [4.78, 5) is 19.3. The maximum Gasteiger partial charge on any atom is 0.266 e. The number of nitrogens with two attached hydrogens (primary N) is 1. The van der Waals surface area contributed by atoms with Crippen LogP contribution in [0.25, 0.3) is 0 Å². The second-order valence-corrected chi connectivity index (χ2v) is 8.21. The fourth-order valence-corrected chi connectivity index (χ4v) is 4.49. The third kappa shape index (κ3) is 4.27. The van der Waals surface area contributed by atoms with Gasteiger partial charge in [-0.15, -0.1) is 0 Å². The van der Waals surface area contributed by atoms with Gasteiger partial charge in [-0.3, -0.25) is 9.79 Å². The van der Waals surface area contributed by atoms with E-state index in [1.54, 1.807) is 24.1 Å². The molecular weight excluding hydrogens is 457 g/mol. The van der Waals surface area contributed by atoms with E-state index in [1.807, 2.05) is 48.5 Å². The highest BCUT2D eigenvalue weighted by molar-refractivity contribution is 6.44. The quantitative estimate of drug-likeness (QED) is 0.556. The lowest BCUT2D eigenvalue weighted by molar-refractivity contribution is -0.119. The lowest BCUT2D eigenvalue weighted by atomic mass is 9.99. The lowest BCUT2D eigenvalue weighted by Gasteiger charge is -2.24. The normalized spacial score (nSPS) is 15.9. The number of carbonyl (C=O) groups excluding carboxylic acids is 1. The van der Waals surface area contributed by atoms with Crippen molar-refractivity contribution < 1.29 is 9.53 Å². The molecule has 0 radical (unpaired) electrons. The fraction of sp³-hybridized carbons (Fsp3) is 0.130. The maximum absolute atomic E-state index is 13.2. The summed E-state index contributed by atoms with van der Waals surface area (Å²) in [5.41, 5.74) is 9.40. The molecule has 2 N–H and O–H groups in total. The molecule has 1 atom stereocenters. The number of hydrogen-bond donors (Lipinski definition) is 1. The summed E-state index contributed by atoms with van der Waals surface area (Å²) in [7, 11) is 1.61. The van der Waals surface area contributed by atoms with Gasteiger partial charge in [0.1, 0.15) is 5.75 Å². The first-order valence-corrected chi connectivity index (χ1v) is 10.5. The molecule has 1 unspecified atom stereocenters. The van der Waals surface area contributed by atoms with E-state index >= 15 is 0 Å². The van der Waals surface area contributed by atoms with Gasteiger partial charge in [-0.1, -0.05) is 65.1 Å². The zero-order valence-corrected chi connectivity index (χ0v) is 18.7. The van der Waals surface area contributed by atoms with Crippen molar-refractivity contribution in [3.05, 3.63) is 92.4 Å². The van der Waals surface area contributed by atoms with Gasteiger partial charge >= 0.3 is 0 Å². The van der Waals surface area contributed by atoms with Gasteiger partial charge < -0.3 is 15.4 Å². The average molecular weight is 475 g/mol. The molecule has 8 heteroatoms. The molecule has 0 saturated heterocycles. The van der Waals surface area contributed by atoms with Crippen LogP contribution in [0.1, 0.15) is 16.7 Å². The molecule has 1 aliphatic rings. The van der Waals surface area contributed by atoms with Gasteiger partial charge in [0.2, 0.25) is 0 Å². The van der Waals surface area contributed by atoms with Crippen molar-refractivity contribution in [2.45, 2.75) is 12.7 Å². The van der Waals surface area contributed by atoms with E-state index in [2.05, 4.69) is 4.99 Å². The molecular formula is C23H18Cl3N3O2. The number of rotatable bonds is 4. The highest BCUT2D eigenvalue weighted by atomic mass is 35.5. The first kappa shape index (κ1) is 21.7. The SMILES string of the molecule is COc1ccc(CN2C(=O)C(N)N=C(c3c(Cl)cc(Cl)cc3Cl)c3ccccc32)cc1. The summed E-state index contributed by atoms with van der Waals surface area (Å²) in [5, 5.41) is 1.06. The van der Waals surface area contributed by atoms with Gasteiger partial charge in [-0.25, -0.2) is 0 Å². The van der Waals surface area contributed by atoms with Crippen LogP contribution < -0.4 is 15.4 Å². The van der Waals surface area contributed by atoms with Gasteiger partial charge in [-0.05, 0) is 35.9 Å². The number of benzene rings is 3. The van der Waals surface area contributed by atoms with Crippen molar-refractivity contribution >= 4 is 52.1 Å². The number of halogens is 3. The Morgan fingerprint density at radius 1 is 1.03 bits per heavy atom. The summed E-state index contributed by atoms with van der Waals surface area (Å²) in [6.07, 6.45) is -1.12. The molecule has 3 aromatic rings. The zero-order valence-electron chi connectivity index (χ0n) is 16.5. The summed E-state index contributed by atoms with van der Waals surface area (Å²) in [6, 6.07) is 18.1. The summed E-state index contributed by atoms with van der Waals surface area (Å²) in [5.74, 6) is 0.403. The fourth-order valence-electron chi connectivity index (χ4n) is 3.50. The minimum Gasteiger partial charge on any atom is -0.497 e. The van der Waals surface area contributed by atoms with Crippen LogP contribution in [0.15, 0.2) is 65.7 Å². The predicted molar refractivity (Wildman–Crippen MR) is 126 cm³/mol. The standard InChI is InChI=1S/C23H18Cl3N3O2/c1-31-15-8-6-13(7-9-15)12-29-19-5-3-2-4-16(19)21(28-22(27)23(29)30)20-17(25)10-14(24)11-18(20)26/h2-11,22H,12,27H2,1H3. The molecule has 3 aromatic carbocycles. The van der Waals surface area contributed by atoms with Crippen LogP contribution in [0, 0.1) is 0 Å². The molecule has 158 valence electrons. The highest BCUT2D eigenvalue weighted by Gasteiger charge is 2.31. The largest absolute Gasteiger partial charge is 0.497 e. The molecule has 0 aromatic heterocycles. The van der Waals surface area contributed by atoms with E-state index in [0.29, 0.717) is 44.1 Å². The minimum absolute atomic E-state index is 0.318. The van der Waals surface area contributed by atoms with E-state index in [-0.39, 0.29) is 5.91 Å². The molecule has 1 amide bonds. The molecule has 5 nitrogen and oxygen atoms in total. The van der Waals surface area contributed by atoms with Crippen molar-refractivity contribution in [1.29, 1.82) is 0 Å². The third-order valence-electron chi connectivity index (χ3n) is 4.98. The summed E-state index contributed by atoms with van der Waals surface area (Å²) in [6.45, 7) is 0.318. The second-order valence-electron chi connectivity index (χ2n) is 6.96. The van der Waals surface area contributed by atoms with Gasteiger partial charge in [0.15, 0.2) is 6.17 Å². The first-order valence-electron chi connectivity index (χ1n) is 9.41. The molecule has 0 saturated carbocycles. The van der Waals surface area contributed by atoms with Gasteiger partial charge in [-0.2, -0.15) is 0 Å². The Bertz CT molecular complexity index is 1160. The maximum atomic E-state index is 13.2. The van der Waals surface area contributed by atoms with E-state index in [9.17, 15) is 4.79 Å². The Balaban J connectivity index is 1.84. The number of hydrogen-bond acceptors (Lipinski definition) is 4. The molecule has 31 heavy (non-hydrogen) atoms. The van der Waals surface area contributed by atoms with E-state index in [0.717, 1.165) is 11.3 Å². The lowest BCUT2D eigenvalue weighted by Crippen LogP contribution is -2.41. The van der Waals surface area contributed by atoms with Crippen molar-refractivity contribution in [2.75, 3.05) is 12.0 Å². The number of carbonyl (C=O) groups is 1. The van der Waals surface area contributed by atoms with Crippen LogP contribution >= 0.6 is 34.8 Å². The minimum atomic E-state index is -1.12. The number of amides is 1. The Kier molecular flexibility index (Phi) is 6.21. The number of methoxy groups -OCH3 is 1. The average Bonchev–Trinajstić information content (AvgIpc) is 2.85. The highest BCUT2D eigenvalue weighted by Crippen LogP contribution is 2.36. The molecule has 4 rings (SSSR count). The van der Waals surface area contributed by atoms with Gasteiger partial charge in [0.25, 0.3) is 5.91 Å². The molecule has 1 heterocycles. The van der Waals surface area contributed by atoms with Crippen LogP contribution in [0.4, 0.5) is 5.69 Å².